The highest BCUT2D eigenvalue weighted by molar-refractivity contribution is 6.09. The smallest absolute Gasteiger partial charge is 0.0541 e. The molecular weight excluding hydrogens is 773 g/mol. The van der Waals surface area contributed by atoms with Crippen LogP contribution in [0, 0.1) is 0 Å². The average Bonchev–Trinajstić information content (AvgIpc) is 3.88. The maximum atomic E-state index is 2.42. The predicted octanol–water partition coefficient (Wildman–Crippen LogP) is 16.3. The fourth-order valence-electron chi connectivity index (χ4n) is 10.3. The highest BCUT2D eigenvalue weighted by Gasteiger charge is 2.30. The number of para-hydroxylation sites is 3. The molecule has 1 heterocycles. The molecule has 64 heavy (non-hydrogen) atoms. The standard InChI is InChI=1S/C62H44N2/c1-5-17-45(18-6-1)61(48-35-40-60-58(41-48)54-26-15-16-28-59(54)64(60)50-23-11-4-12-24-50)47-31-29-43(30-32-47)44-33-36-51(37-34-44)63(49-21-9-3-10-22-49)52-38-39-56-57(42-52)53-25-13-14-27-55(53)62(56)46-19-7-2-8-20-46/h1-42,61-62H. The van der Waals surface area contributed by atoms with Crippen LogP contribution in [0.4, 0.5) is 17.1 Å². The molecule has 11 aromatic rings. The quantitative estimate of drug-likeness (QED) is 0.132. The Hall–Kier alpha value is -8.20. The van der Waals surface area contributed by atoms with Gasteiger partial charge in [0.2, 0.25) is 0 Å². The largest absolute Gasteiger partial charge is 0.310 e. The van der Waals surface area contributed by atoms with Gasteiger partial charge in [-0.15, -0.1) is 0 Å². The lowest BCUT2D eigenvalue weighted by Gasteiger charge is -2.26. The summed E-state index contributed by atoms with van der Waals surface area (Å²) in [6.07, 6.45) is 0. The third kappa shape index (κ3) is 6.51. The second-order valence-corrected chi connectivity index (χ2v) is 16.9. The second kappa shape index (κ2) is 15.9. The molecule has 0 radical (unpaired) electrons. The van der Waals surface area contributed by atoms with Gasteiger partial charge in [0.1, 0.15) is 0 Å². The molecule has 2 unspecified atom stereocenters. The van der Waals surface area contributed by atoms with Crippen molar-refractivity contribution in [2.24, 2.45) is 0 Å². The van der Waals surface area contributed by atoms with Crippen molar-refractivity contribution in [2.75, 3.05) is 4.90 Å². The number of rotatable bonds is 9. The zero-order valence-electron chi connectivity index (χ0n) is 35.3. The van der Waals surface area contributed by atoms with Crippen LogP contribution in [-0.4, -0.2) is 4.57 Å². The van der Waals surface area contributed by atoms with E-state index < -0.39 is 0 Å². The highest BCUT2D eigenvalue weighted by Crippen LogP contribution is 2.50. The van der Waals surface area contributed by atoms with Crippen molar-refractivity contribution in [3.8, 4) is 27.9 Å². The van der Waals surface area contributed by atoms with Gasteiger partial charge >= 0.3 is 0 Å². The first kappa shape index (κ1) is 37.6. The summed E-state index contributed by atoms with van der Waals surface area (Å²) < 4.78 is 2.39. The SMILES string of the molecule is c1ccc(C(c2ccc(-c3ccc(N(c4ccccc4)c4ccc5c(c4)-c4ccccc4C5c4ccccc4)cc3)cc2)c2ccc3c(c2)c2ccccc2n3-c2ccccc2)cc1. The van der Waals surface area contributed by atoms with Gasteiger partial charge in [-0.3, -0.25) is 0 Å². The molecule has 2 atom stereocenters. The van der Waals surface area contributed by atoms with E-state index in [4.69, 9.17) is 0 Å². The van der Waals surface area contributed by atoms with E-state index in [-0.39, 0.29) is 11.8 Å². The fraction of sp³-hybridized carbons (Fsp3) is 0.0323. The van der Waals surface area contributed by atoms with E-state index in [9.17, 15) is 0 Å². The number of nitrogens with zero attached hydrogens (tertiary/aromatic N) is 2. The highest BCUT2D eigenvalue weighted by atomic mass is 15.1. The van der Waals surface area contributed by atoms with Gasteiger partial charge in [0, 0.05) is 45.4 Å². The maximum absolute atomic E-state index is 2.42. The van der Waals surface area contributed by atoms with E-state index >= 15 is 0 Å². The molecule has 12 rings (SSSR count). The zero-order valence-corrected chi connectivity index (χ0v) is 35.3. The van der Waals surface area contributed by atoms with Gasteiger partial charge in [-0.1, -0.05) is 188 Å². The third-order valence-electron chi connectivity index (χ3n) is 13.2. The monoisotopic (exact) mass is 816 g/mol. The molecule has 0 N–H and O–H groups in total. The molecule has 2 heteroatoms. The number of anilines is 3. The number of aromatic nitrogens is 1. The summed E-state index contributed by atoms with van der Waals surface area (Å²) in [6.45, 7) is 0. The molecule has 0 fully saturated rings. The predicted molar refractivity (Wildman–Crippen MR) is 268 cm³/mol. The van der Waals surface area contributed by atoms with Crippen molar-refractivity contribution < 1.29 is 0 Å². The Bertz CT molecular complexity index is 3410. The van der Waals surface area contributed by atoms with E-state index in [0.29, 0.717) is 0 Å². The molecule has 0 bridgehead atoms. The Morgan fingerprint density at radius 1 is 0.344 bits per heavy atom. The second-order valence-electron chi connectivity index (χ2n) is 16.9. The Labute approximate surface area is 374 Å². The van der Waals surface area contributed by atoms with Crippen LogP contribution in [0.5, 0.6) is 0 Å². The molecule has 2 nitrogen and oxygen atoms in total. The first-order valence-corrected chi connectivity index (χ1v) is 22.2. The minimum atomic E-state index is 0.0718. The molecule has 1 aliphatic carbocycles. The molecule has 1 aromatic heterocycles. The van der Waals surface area contributed by atoms with Crippen LogP contribution in [0.2, 0.25) is 0 Å². The summed E-state index contributed by atoms with van der Waals surface area (Å²) in [7, 11) is 0. The number of fused-ring (bicyclic) bond motifs is 6. The summed E-state index contributed by atoms with van der Waals surface area (Å²) in [5.74, 6) is 0.291. The first-order chi connectivity index (χ1) is 31.8. The molecule has 1 aliphatic rings. The van der Waals surface area contributed by atoms with Gasteiger partial charge in [-0.25, -0.2) is 0 Å². The van der Waals surface area contributed by atoms with Crippen LogP contribution in [0.15, 0.2) is 255 Å². The lowest BCUT2D eigenvalue weighted by Crippen LogP contribution is -2.10. The first-order valence-electron chi connectivity index (χ1n) is 22.2. The van der Waals surface area contributed by atoms with Crippen LogP contribution < -0.4 is 4.90 Å². The van der Waals surface area contributed by atoms with E-state index in [2.05, 4.69) is 264 Å². The Balaban J connectivity index is 0.890. The molecule has 302 valence electrons. The van der Waals surface area contributed by atoms with Crippen molar-refractivity contribution in [3.05, 3.63) is 288 Å². The Kier molecular flexibility index (Phi) is 9.34. The minimum absolute atomic E-state index is 0.0718. The topological polar surface area (TPSA) is 8.17 Å². The van der Waals surface area contributed by atoms with Gasteiger partial charge in [-0.2, -0.15) is 0 Å². The van der Waals surface area contributed by atoms with Crippen LogP contribution >= 0.6 is 0 Å². The number of benzene rings is 10. The summed E-state index contributed by atoms with van der Waals surface area (Å²) in [4.78, 5) is 2.38. The normalized spacial score (nSPS) is 13.4. The fourth-order valence-corrected chi connectivity index (χ4v) is 10.3. The lowest BCUT2D eigenvalue weighted by molar-refractivity contribution is 0.980. The van der Waals surface area contributed by atoms with Gasteiger partial charge in [0.05, 0.1) is 11.0 Å². The molecule has 0 saturated carbocycles. The van der Waals surface area contributed by atoms with E-state index in [1.54, 1.807) is 0 Å². The molecule has 0 amide bonds. The van der Waals surface area contributed by atoms with Crippen molar-refractivity contribution >= 4 is 38.9 Å². The Morgan fingerprint density at radius 2 is 0.875 bits per heavy atom. The zero-order chi connectivity index (χ0) is 42.4. The lowest BCUT2D eigenvalue weighted by atomic mass is 9.84. The van der Waals surface area contributed by atoms with Crippen LogP contribution in [0.3, 0.4) is 0 Å². The van der Waals surface area contributed by atoms with Gasteiger partial charge in [0.15, 0.2) is 0 Å². The van der Waals surface area contributed by atoms with E-state index in [1.807, 2.05) is 0 Å². The van der Waals surface area contributed by atoms with Crippen LogP contribution in [-0.2, 0) is 0 Å². The third-order valence-corrected chi connectivity index (χ3v) is 13.2. The Morgan fingerprint density at radius 3 is 1.62 bits per heavy atom. The van der Waals surface area contributed by atoms with Gasteiger partial charge in [-0.05, 0) is 122 Å². The number of hydrogen-bond donors (Lipinski definition) is 0. The molecular formula is C62H44N2. The molecule has 0 spiro atoms. The van der Waals surface area contributed by atoms with E-state index in [0.717, 1.165) is 17.1 Å². The van der Waals surface area contributed by atoms with Crippen molar-refractivity contribution in [1.82, 2.24) is 4.57 Å². The summed E-state index contributed by atoms with van der Waals surface area (Å²) in [6, 6.07) is 93.3. The molecule has 0 aliphatic heterocycles. The van der Waals surface area contributed by atoms with Crippen molar-refractivity contribution in [2.45, 2.75) is 11.8 Å². The molecule has 10 aromatic carbocycles. The summed E-state index contributed by atoms with van der Waals surface area (Å²) >= 11 is 0. The van der Waals surface area contributed by atoms with E-state index in [1.165, 1.54) is 83.1 Å². The maximum Gasteiger partial charge on any atom is 0.0541 e. The van der Waals surface area contributed by atoms with Gasteiger partial charge in [0.25, 0.3) is 0 Å². The van der Waals surface area contributed by atoms with Crippen LogP contribution in [0.25, 0.3) is 49.7 Å². The minimum Gasteiger partial charge on any atom is -0.310 e. The summed E-state index contributed by atoms with van der Waals surface area (Å²) in [5, 5.41) is 2.53. The van der Waals surface area contributed by atoms with Gasteiger partial charge < -0.3 is 9.47 Å². The van der Waals surface area contributed by atoms with Crippen molar-refractivity contribution in [1.29, 1.82) is 0 Å². The molecule has 0 saturated heterocycles. The van der Waals surface area contributed by atoms with Crippen molar-refractivity contribution in [3.63, 3.8) is 0 Å². The number of hydrogen-bond acceptors (Lipinski definition) is 1. The summed E-state index contributed by atoms with van der Waals surface area (Å²) in [5.41, 5.74) is 19.8. The van der Waals surface area contributed by atoms with Crippen LogP contribution in [0.1, 0.15) is 45.2 Å². The average molecular weight is 817 g/mol.